The number of aliphatic imine (C=N–C) groups is 2. The van der Waals surface area contributed by atoms with E-state index in [1.54, 1.807) is 0 Å². The summed E-state index contributed by atoms with van der Waals surface area (Å²) in [6.45, 7) is 11.2. The van der Waals surface area contributed by atoms with E-state index in [0.29, 0.717) is 39.9 Å². The summed E-state index contributed by atoms with van der Waals surface area (Å²) < 4.78 is 21.1. The van der Waals surface area contributed by atoms with E-state index in [1.807, 2.05) is 40.1 Å². The molecule has 0 heterocycles. The van der Waals surface area contributed by atoms with E-state index in [9.17, 15) is 0 Å². The first-order valence-electron chi connectivity index (χ1n) is 8.48. The highest BCUT2D eigenvalue weighted by Crippen LogP contribution is 1.92. The molecule has 0 atom stereocenters. The molecule has 0 aromatic heterocycles. The number of rotatable bonds is 16. The van der Waals surface area contributed by atoms with Gasteiger partial charge in [0.1, 0.15) is 13.6 Å². The van der Waals surface area contributed by atoms with Crippen molar-refractivity contribution in [3.63, 3.8) is 0 Å². The minimum absolute atomic E-state index is 0.208. The van der Waals surface area contributed by atoms with Crippen molar-refractivity contribution in [2.45, 2.75) is 59.2 Å². The second kappa shape index (κ2) is 17.5. The maximum absolute atomic E-state index is 5.28. The van der Waals surface area contributed by atoms with Crippen molar-refractivity contribution in [2.24, 2.45) is 9.98 Å². The van der Waals surface area contributed by atoms with E-state index in [1.165, 1.54) is 0 Å². The maximum Gasteiger partial charge on any atom is 0.147 e. The lowest BCUT2D eigenvalue weighted by atomic mass is 10.2. The zero-order chi connectivity index (χ0) is 17.2. The molecule has 0 spiro atoms. The van der Waals surface area contributed by atoms with Crippen molar-refractivity contribution >= 4 is 12.4 Å². The SMILES string of the molecule is CC(C)OCOCCN=CCCCC=NCCOCOC(C)C. The zero-order valence-corrected chi connectivity index (χ0v) is 15.2. The fourth-order valence-electron chi connectivity index (χ4n) is 1.39. The van der Waals surface area contributed by atoms with Gasteiger partial charge in [0.15, 0.2) is 0 Å². The summed E-state index contributed by atoms with van der Waals surface area (Å²) in [5, 5.41) is 0. The lowest BCUT2D eigenvalue weighted by Crippen LogP contribution is -2.08. The van der Waals surface area contributed by atoms with Crippen LogP contribution in [0, 0.1) is 0 Å². The molecule has 23 heavy (non-hydrogen) atoms. The molecule has 0 saturated carbocycles. The predicted molar refractivity (Wildman–Crippen MR) is 94.6 cm³/mol. The third kappa shape index (κ3) is 21.2. The standard InChI is InChI=1S/C17H34N2O4/c1-16(2)22-14-20-12-10-18-8-6-5-7-9-19-11-13-21-15-23-17(3)4/h8-9,16-17H,5-7,10-15H2,1-4H3. The number of hydrogen-bond acceptors (Lipinski definition) is 6. The molecule has 0 aromatic carbocycles. The molecule has 136 valence electrons. The molecule has 6 nitrogen and oxygen atoms in total. The smallest absolute Gasteiger partial charge is 0.147 e. The monoisotopic (exact) mass is 330 g/mol. The van der Waals surface area contributed by atoms with E-state index in [4.69, 9.17) is 18.9 Å². The van der Waals surface area contributed by atoms with Gasteiger partial charge in [0.25, 0.3) is 0 Å². The van der Waals surface area contributed by atoms with Gasteiger partial charge >= 0.3 is 0 Å². The minimum atomic E-state index is 0.208. The van der Waals surface area contributed by atoms with Crippen molar-refractivity contribution in [3.8, 4) is 0 Å². The molecule has 0 bridgehead atoms. The number of nitrogens with zero attached hydrogens (tertiary/aromatic N) is 2. The van der Waals surface area contributed by atoms with Crippen molar-refractivity contribution in [1.29, 1.82) is 0 Å². The van der Waals surface area contributed by atoms with E-state index in [-0.39, 0.29) is 12.2 Å². The Morgan fingerprint density at radius 3 is 1.57 bits per heavy atom. The lowest BCUT2D eigenvalue weighted by molar-refractivity contribution is -0.0762. The minimum Gasteiger partial charge on any atom is -0.353 e. The highest BCUT2D eigenvalue weighted by atomic mass is 16.7. The lowest BCUT2D eigenvalue weighted by Gasteiger charge is -2.06. The second-order valence-electron chi connectivity index (χ2n) is 5.59. The van der Waals surface area contributed by atoms with Crippen LogP contribution in [0.15, 0.2) is 9.98 Å². The van der Waals surface area contributed by atoms with Crippen LogP contribution < -0.4 is 0 Å². The number of ether oxygens (including phenoxy) is 4. The van der Waals surface area contributed by atoms with E-state index < -0.39 is 0 Å². The molecule has 0 aliphatic heterocycles. The van der Waals surface area contributed by atoms with E-state index >= 15 is 0 Å². The van der Waals surface area contributed by atoms with Gasteiger partial charge in [-0.15, -0.1) is 0 Å². The van der Waals surface area contributed by atoms with Gasteiger partial charge in [0.05, 0.1) is 38.5 Å². The summed E-state index contributed by atoms with van der Waals surface area (Å²) in [5.74, 6) is 0. The Labute approximate surface area is 141 Å². The van der Waals surface area contributed by atoms with Crippen LogP contribution in [0.2, 0.25) is 0 Å². The Kier molecular flexibility index (Phi) is 16.9. The molecule has 6 heteroatoms. The molecule has 0 aliphatic rings. The third-order valence-electron chi connectivity index (χ3n) is 2.62. The summed E-state index contributed by atoms with van der Waals surface area (Å²) in [5.41, 5.74) is 0. The molecule has 0 rings (SSSR count). The molecule has 0 radical (unpaired) electrons. The Balaban J connectivity index is 3.19. The normalized spacial score (nSPS) is 12.4. The largest absolute Gasteiger partial charge is 0.353 e. The van der Waals surface area contributed by atoms with Crippen LogP contribution in [0.3, 0.4) is 0 Å². The van der Waals surface area contributed by atoms with Gasteiger partial charge in [-0.05, 0) is 59.4 Å². The van der Waals surface area contributed by atoms with Gasteiger partial charge in [-0.25, -0.2) is 0 Å². The predicted octanol–water partition coefficient (Wildman–Crippen LogP) is 3.10. The fraction of sp³-hybridized carbons (Fsp3) is 0.882. The molecular formula is C17H34N2O4. The van der Waals surface area contributed by atoms with Crippen molar-refractivity contribution in [1.82, 2.24) is 0 Å². The first kappa shape index (κ1) is 22.2. The van der Waals surface area contributed by atoms with Crippen LogP contribution in [0.5, 0.6) is 0 Å². The molecule has 0 aliphatic carbocycles. The van der Waals surface area contributed by atoms with Gasteiger partial charge in [-0.2, -0.15) is 0 Å². The van der Waals surface area contributed by atoms with Gasteiger partial charge < -0.3 is 18.9 Å². The van der Waals surface area contributed by atoms with E-state index in [0.717, 1.165) is 19.3 Å². The van der Waals surface area contributed by atoms with Crippen LogP contribution in [0.25, 0.3) is 0 Å². The highest BCUT2D eigenvalue weighted by molar-refractivity contribution is 5.60. The van der Waals surface area contributed by atoms with Crippen LogP contribution in [0.1, 0.15) is 47.0 Å². The van der Waals surface area contributed by atoms with Crippen LogP contribution >= 0.6 is 0 Å². The van der Waals surface area contributed by atoms with Gasteiger partial charge in [0, 0.05) is 0 Å². The molecule has 0 unspecified atom stereocenters. The summed E-state index contributed by atoms with van der Waals surface area (Å²) in [6.07, 6.45) is 7.31. The number of hydrogen-bond donors (Lipinski definition) is 0. The van der Waals surface area contributed by atoms with Crippen LogP contribution in [-0.4, -0.2) is 64.5 Å². The number of unbranched alkanes of at least 4 members (excludes halogenated alkanes) is 2. The van der Waals surface area contributed by atoms with Crippen molar-refractivity contribution in [2.75, 3.05) is 39.9 Å². The zero-order valence-electron chi connectivity index (χ0n) is 15.2. The first-order chi connectivity index (χ1) is 11.1. The molecule has 0 N–H and O–H groups in total. The summed E-state index contributed by atoms with van der Waals surface area (Å²) in [7, 11) is 0. The van der Waals surface area contributed by atoms with Gasteiger partial charge in [-0.3, -0.25) is 9.98 Å². The van der Waals surface area contributed by atoms with E-state index in [2.05, 4.69) is 9.98 Å². The molecule has 0 fully saturated rings. The van der Waals surface area contributed by atoms with Gasteiger partial charge in [-0.1, -0.05) is 0 Å². The second-order valence-corrected chi connectivity index (χ2v) is 5.59. The average molecular weight is 330 g/mol. The quantitative estimate of drug-likeness (QED) is 0.248. The van der Waals surface area contributed by atoms with Crippen LogP contribution in [0.4, 0.5) is 0 Å². The molecule has 0 saturated heterocycles. The summed E-state index contributed by atoms with van der Waals surface area (Å²) in [4.78, 5) is 8.57. The Morgan fingerprint density at radius 2 is 1.17 bits per heavy atom. The van der Waals surface area contributed by atoms with Gasteiger partial charge in [0.2, 0.25) is 0 Å². The topological polar surface area (TPSA) is 61.6 Å². The van der Waals surface area contributed by atoms with Crippen molar-refractivity contribution in [3.05, 3.63) is 0 Å². The fourth-order valence-corrected chi connectivity index (χ4v) is 1.39. The first-order valence-corrected chi connectivity index (χ1v) is 8.48. The Morgan fingerprint density at radius 1 is 0.739 bits per heavy atom. The maximum atomic E-state index is 5.28. The van der Waals surface area contributed by atoms with Crippen molar-refractivity contribution < 1.29 is 18.9 Å². The van der Waals surface area contributed by atoms with Crippen LogP contribution in [-0.2, 0) is 18.9 Å². The molecular weight excluding hydrogens is 296 g/mol. The summed E-state index contributed by atoms with van der Waals surface area (Å²) in [6, 6.07) is 0. The molecule has 0 amide bonds. The Bertz CT molecular complexity index is 266. The molecule has 0 aromatic rings. The Hall–Kier alpha value is -0.820. The highest BCUT2D eigenvalue weighted by Gasteiger charge is 1.92. The third-order valence-corrected chi connectivity index (χ3v) is 2.62. The average Bonchev–Trinajstić information content (AvgIpc) is 2.49. The summed E-state index contributed by atoms with van der Waals surface area (Å²) >= 11 is 0.